The zero-order valence-electron chi connectivity index (χ0n) is 16.6. The summed E-state index contributed by atoms with van der Waals surface area (Å²) < 4.78 is 0. The normalized spacial score (nSPS) is 15.4. The Morgan fingerprint density at radius 3 is 2.61 bits per heavy atom. The fraction of sp³-hybridized carbons (Fsp3) is 0.130. The number of rotatable bonds is 7. The third kappa shape index (κ3) is 5.10. The summed E-state index contributed by atoms with van der Waals surface area (Å²) in [5.74, 6) is -0.143. The smallest absolute Gasteiger partial charge is 0.271 e. The van der Waals surface area contributed by atoms with Gasteiger partial charge in [-0.15, -0.1) is 11.8 Å². The van der Waals surface area contributed by atoms with Crippen LogP contribution in [-0.2, 0) is 15.3 Å². The summed E-state index contributed by atoms with van der Waals surface area (Å²) in [6.07, 6.45) is 1.92. The number of primary amides is 1. The van der Waals surface area contributed by atoms with Crippen molar-refractivity contribution in [3.63, 3.8) is 0 Å². The fourth-order valence-corrected chi connectivity index (χ4v) is 4.02. The van der Waals surface area contributed by atoms with E-state index in [1.807, 2.05) is 72.8 Å². The summed E-state index contributed by atoms with van der Waals surface area (Å²) in [6, 6.07) is 21.9. The van der Waals surface area contributed by atoms with Gasteiger partial charge in [-0.3, -0.25) is 14.6 Å². The second-order valence-corrected chi connectivity index (χ2v) is 7.96. The van der Waals surface area contributed by atoms with Crippen molar-refractivity contribution < 1.29 is 9.59 Å². The molecule has 0 saturated carbocycles. The van der Waals surface area contributed by atoms with Crippen LogP contribution in [-0.4, -0.2) is 28.6 Å². The van der Waals surface area contributed by atoms with Gasteiger partial charge in [-0.05, 0) is 42.0 Å². The van der Waals surface area contributed by atoms with Gasteiger partial charge < -0.3 is 11.1 Å². The minimum Gasteiger partial charge on any atom is -0.368 e. The minimum absolute atomic E-state index is 0.158. The van der Waals surface area contributed by atoms with Crippen molar-refractivity contribution in [3.05, 3.63) is 84.6 Å². The quantitative estimate of drug-likeness (QED) is 0.558. The van der Waals surface area contributed by atoms with E-state index in [0.29, 0.717) is 11.4 Å². The number of amides is 2. The molecule has 0 spiro atoms. The molecule has 0 fully saturated rings. The number of para-hydroxylation sites is 1. The number of aromatic nitrogens is 1. The minimum atomic E-state index is -0.691. The summed E-state index contributed by atoms with van der Waals surface area (Å²) >= 11 is 1.62. The molecule has 2 amide bonds. The van der Waals surface area contributed by atoms with Gasteiger partial charge in [-0.1, -0.05) is 36.4 Å². The van der Waals surface area contributed by atoms with Crippen molar-refractivity contribution in [2.75, 3.05) is 10.3 Å². The molecule has 0 bridgehead atoms. The van der Waals surface area contributed by atoms with Gasteiger partial charge in [0.15, 0.2) is 0 Å². The van der Waals surface area contributed by atoms with Gasteiger partial charge in [-0.25, -0.2) is 4.98 Å². The molecule has 1 atom stereocenters. The SMILES string of the molecule is NC(=O)C1CC(C(=O)Nc2cccc(CSc3ccccn3)c2)=NN1c1ccccc1. The first-order valence-corrected chi connectivity index (χ1v) is 10.7. The molecule has 1 aliphatic heterocycles. The largest absolute Gasteiger partial charge is 0.368 e. The van der Waals surface area contributed by atoms with Crippen molar-refractivity contribution in [2.45, 2.75) is 23.2 Å². The van der Waals surface area contributed by atoms with E-state index in [9.17, 15) is 9.59 Å². The monoisotopic (exact) mass is 431 g/mol. The molecule has 0 saturated heterocycles. The molecule has 0 aliphatic carbocycles. The van der Waals surface area contributed by atoms with Crippen LogP contribution in [0.25, 0.3) is 0 Å². The summed E-state index contributed by atoms with van der Waals surface area (Å²) in [5.41, 5.74) is 8.25. The van der Waals surface area contributed by atoms with Gasteiger partial charge >= 0.3 is 0 Å². The van der Waals surface area contributed by atoms with E-state index in [2.05, 4.69) is 15.4 Å². The molecule has 7 nitrogen and oxygen atoms in total. The molecule has 1 unspecified atom stereocenters. The first-order chi connectivity index (χ1) is 15.1. The summed E-state index contributed by atoms with van der Waals surface area (Å²) in [5, 5.41) is 9.71. The van der Waals surface area contributed by atoms with E-state index in [0.717, 1.165) is 16.3 Å². The molecule has 1 aliphatic rings. The second kappa shape index (κ2) is 9.44. The van der Waals surface area contributed by atoms with Crippen LogP contribution in [0.1, 0.15) is 12.0 Å². The van der Waals surface area contributed by atoms with Crippen molar-refractivity contribution in [2.24, 2.45) is 10.8 Å². The van der Waals surface area contributed by atoms with E-state index >= 15 is 0 Å². The van der Waals surface area contributed by atoms with E-state index < -0.39 is 11.9 Å². The Morgan fingerprint density at radius 2 is 1.87 bits per heavy atom. The number of hydrogen-bond donors (Lipinski definition) is 2. The molecule has 2 heterocycles. The maximum atomic E-state index is 12.8. The predicted molar refractivity (Wildman–Crippen MR) is 123 cm³/mol. The standard InChI is InChI=1S/C23H21N5O2S/c24-22(29)20-14-19(27-28(20)18-9-2-1-3-10-18)23(30)26-17-8-6-7-16(13-17)15-31-21-11-4-5-12-25-21/h1-13,20H,14-15H2,(H2,24,29)(H,26,30). The molecule has 156 valence electrons. The fourth-order valence-electron chi connectivity index (χ4n) is 3.22. The Morgan fingerprint density at radius 1 is 1.06 bits per heavy atom. The first-order valence-electron chi connectivity index (χ1n) is 9.75. The summed E-state index contributed by atoms with van der Waals surface area (Å²) in [4.78, 5) is 29.0. The number of benzene rings is 2. The van der Waals surface area contributed by atoms with Crippen molar-refractivity contribution in [1.29, 1.82) is 0 Å². The Balaban J connectivity index is 1.45. The lowest BCUT2D eigenvalue weighted by atomic mass is 10.1. The molecule has 31 heavy (non-hydrogen) atoms. The van der Waals surface area contributed by atoms with Crippen LogP contribution in [0.15, 0.2) is 89.1 Å². The van der Waals surface area contributed by atoms with E-state index in [1.165, 1.54) is 5.01 Å². The number of nitrogens with zero attached hydrogens (tertiary/aromatic N) is 3. The number of nitrogens with one attached hydrogen (secondary N) is 1. The van der Waals surface area contributed by atoms with Crippen LogP contribution in [0.5, 0.6) is 0 Å². The highest BCUT2D eigenvalue weighted by Crippen LogP contribution is 2.25. The molecule has 2 aromatic carbocycles. The lowest BCUT2D eigenvalue weighted by Crippen LogP contribution is -2.39. The molecular formula is C23H21N5O2S. The lowest BCUT2D eigenvalue weighted by Gasteiger charge is -2.20. The maximum Gasteiger partial charge on any atom is 0.271 e. The third-order valence-corrected chi connectivity index (χ3v) is 5.75. The first kappa shape index (κ1) is 20.6. The van der Waals surface area contributed by atoms with Crippen LogP contribution in [0.2, 0.25) is 0 Å². The molecule has 3 N–H and O–H groups in total. The average Bonchev–Trinajstić information content (AvgIpc) is 3.26. The maximum absolute atomic E-state index is 12.8. The van der Waals surface area contributed by atoms with Gasteiger partial charge in [0.2, 0.25) is 5.91 Å². The molecule has 0 radical (unpaired) electrons. The third-order valence-electron chi connectivity index (χ3n) is 4.73. The van der Waals surface area contributed by atoms with Gasteiger partial charge in [0.05, 0.1) is 10.7 Å². The van der Waals surface area contributed by atoms with Crippen molar-refractivity contribution in [1.82, 2.24) is 4.98 Å². The van der Waals surface area contributed by atoms with Gasteiger partial charge in [0, 0.05) is 24.1 Å². The molecule has 8 heteroatoms. The number of carbonyl (C=O) groups is 2. The Labute approximate surface area is 184 Å². The van der Waals surface area contributed by atoms with Crippen molar-refractivity contribution in [3.8, 4) is 0 Å². The molecule has 3 aromatic rings. The predicted octanol–water partition coefficient (Wildman–Crippen LogP) is 3.43. The van der Waals surface area contributed by atoms with E-state index in [1.54, 1.807) is 18.0 Å². The number of pyridine rings is 1. The lowest BCUT2D eigenvalue weighted by molar-refractivity contribution is -0.119. The highest BCUT2D eigenvalue weighted by molar-refractivity contribution is 7.98. The topological polar surface area (TPSA) is 101 Å². The number of hydrogen-bond acceptors (Lipinski definition) is 6. The summed E-state index contributed by atoms with van der Waals surface area (Å²) in [6.45, 7) is 0. The highest BCUT2D eigenvalue weighted by atomic mass is 32.2. The van der Waals surface area contributed by atoms with Crippen LogP contribution in [0.3, 0.4) is 0 Å². The number of thioether (sulfide) groups is 1. The van der Waals surface area contributed by atoms with Gasteiger partial charge in [-0.2, -0.15) is 5.10 Å². The van der Waals surface area contributed by atoms with E-state index in [4.69, 9.17) is 5.73 Å². The zero-order chi connectivity index (χ0) is 21.6. The number of carbonyl (C=O) groups excluding carboxylic acids is 2. The molecular weight excluding hydrogens is 410 g/mol. The highest BCUT2D eigenvalue weighted by Gasteiger charge is 2.34. The van der Waals surface area contributed by atoms with Crippen LogP contribution < -0.4 is 16.1 Å². The average molecular weight is 432 g/mol. The molecule has 4 rings (SSSR count). The van der Waals surface area contributed by atoms with Crippen molar-refractivity contribution >= 4 is 40.7 Å². The zero-order valence-corrected chi connectivity index (χ0v) is 17.5. The molecule has 1 aromatic heterocycles. The Bertz CT molecular complexity index is 1110. The van der Waals surface area contributed by atoms with Gasteiger partial charge in [0.1, 0.15) is 11.8 Å². The number of anilines is 2. The number of nitrogens with two attached hydrogens (primary N) is 1. The Hall–Kier alpha value is -3.65. The van der Waals surface area contributed by atoms with Crippen LogP contribution in [0.4, 0.5) is 11.4 Å². The number of hydrazone groups is 1. The van der Waals surface area contributed by atoms with Gasteiger partial charge in [0.25, 0.3) is 5.91 Å². The van der Waals surface area contributed by atoms with E-state index in [-0.39, 0.29) is 18.0 Å². The second-order valence-electron chi connectivity index (χ2n) is 6.96. The van der Waals surface area contributed by atoms with Crippen LogP contribution >= 0.6 is 11.8 Å². The Kier molecular flexibility index (Phi) is 6.28. The summed E-state index contributed by atoms with van der Waals surface area (Å²) in [7, 11) is 0. The van der Waals surface area contributed by atoms with Crippen LogP contribution in [0, 0.1) is 0 Å².